The largest absolute Gasteiger partial charge is 0.494 e. The molecule has 2 aromatic carbocycles. The Balaban J connectivity index is 0.000000479. The van der Waals surface area contributed by atoms with Crippen LogP contribution >= 0.6 is 0 Å². The molecule has 0 amide bonds. The number of rotatable bonds is 9. The fourth-order valence-corrected chi connectivity index (χ4v) is 4.22. The van der Waals surface area contributed by atoms with E-state index in [0.717, 1.165) is 42.9 Å². The summed E-state index contributed by atoms with van der Waals surface area (Å²) in [7, 11) is 0. The number of imidazole rings is 1. The number of nitrogens with one attached hydrogen (secondary N) is 2. The molecule has 0 aliphatic heterocycles. The second-order valence-electron chi connectivity index (χ2n) is 10.3. The van der Waals surface area contributed by atoms with Crippen LogP contribution in [0, 0.1) is 11.2 Å². The van der Waals surface area contributed by atoms with Crippen LogP contribution in [0.4, 0.5) is 42.1 Å². The second-order valence-corrected chi connectivity index (χ2v) is 10.3. The molecule has 4 rings (SSSR count). The number of anilines is 2. The summed E-state index contributed by atoms with van der Waals surface area (Å²) in [6.45, 7) is 6.39. The Morgan fingerprint density at radius 3 is 2.02 bits per heavy atom. The van der Waals surface area contributed by atoms with Gasteiger partial charge in [-0.1, -0.05) is 0 Å². The molecule has 6 N–H and O–H groups in total. The Morgan fingerprint density at radius 2 is 1.56 bits per heavy atom. The van der Waals surface area contributed by atoms with Gasteiger partial charge in [0.05, 0.1) is 30.6 Å². The predicted molar refractivity (Wildman–Crippen MR) is 159 cm³/mol. The molecule has 1 aliphatic carbocycles. The van der Waals surface area contributed by atoms with E-state index in [2.05, 4.69) is 4.98 Å². The van der Waals surface area contributed by atoms with Gasteiger partial charge in [0.1, 0.15) is 17.4 Å². The van der Waals surface area contributed by atoms with Crippen LogP contribution < -0.4 is 20.1 Å². The Morgan fingerprint density at radius 1 is 1.02 bits per heavy atom. The number of aromatic amines is 1. The molecule has 3 aromatic rings. The third kappa shape index (κ3) is 11.6. The van der Waals surface area contributed by atoms with Gasteiger partial charge in [0.2, 0.25) is 0 Å². The van der Waals surface area contributed by atoms with Crippen LogP contribution in [0.25, 0.3) is 0 Å². The summed E-state index contributed by atoms with van der Waals surface area (Å²) in [5.41, 5.74) is 9.57. The summed E-state index contributed by atoms with van der Waals surface area (Å²) >= 11 is 0. The van der Waals surface area contributed by atoms with Gasteiger partial charge in [-0.05, 0) is 70.7 Å². The van der Waals surface area contributed by atoms with E-state index in [4.69, 9.17) is 45.4 Å². The number of hydrogen-bond acceptors (Lipinski definition) is 7. The van der Waals surface area contributed by atoms with Crippen molar-refractivity contribution in [3.8, 4) is 11.5 Å². The number of aliphatic carboxylic acids is 2. The number of ether oxygens (including phenoxy) is 2. The molecule has 0 saturated carbocycles. The van der Waals surface area contributed by atoms with Gasteiger partial charge in [-0.25, -0.2) is 19.0 Å². The van der Waals surface area contributed by atoms with E-state index in [1.807, 2.05) is 37.8 Å². The zero-order valence-electron chi connectivity index (χ0n) is 25.9. The summed E-state index contributed by atoms with van der Waals surface area (Å²) < 4.78 is 90.8. The molecule has 0 atom stereocenters. The van der Waals surface area contributed by atoms with E-state index in [1.54, 1.807) is 24.3 Å². The molecule has 18 heteroatoms. The van der Waals surface area contributed by atoms with Gasteiger partial charge in [0.25, 0.3) is 0 Å². The number of carbonyl (C=O) groups is 2. The van der Waals surface area contributed by atoms with Crippen molar-refractivity contribution in [2.45, 2.75) is 71.5 Å². The Hall–Kier alpha value is -5.03. The molecule has 1 aromatic heterocycles. The zero-order valence-corrected chi connectivity index (χ0v) is 25.9. The first kappa shape index (κ1) is 39.1. The number of alkyl halides is 6. The maximum atomic E-state index is 15.8. The Labute approximate surface area is 270 Å². The first-order valence-electron chi connectivity index (χ1n) is 14.3. The number of aromatic nitrogens is 2. The van der Waals surface area contributed by atoms with Gasteiger partial charge in [-0.2, -0.15) is 26.3 Å². The van der Waals surface area contributed by atoms with Crippen molar-refractivity contribution in [1.82, 2.24) is 9.97 Å². The number of carboxylic acids is 2. The summed E-state index contributed by atoms with van der Waals surface area (Å²) in [4.78, 5) is 27.9. The highest BCUT2D eigenvalue weighted by molar-refractivity contribution is 5.95. The van der Waals surface area contributed by atoms with E-state index in [1.165, 1.54) is 5.69 Å². The maximum absolute atomic E-state index is 15.8. The number of hydrogen-bond donors (Lipinski definition) is 5. The first-order chi connectivity index (χ1) is 22.2. The van der Waals surface area contributed by atoms with E-state index < -0.39 is 30.1 Å². The molecule has 1 aliphatic rings. The molecule has 0 unspecified atom stereocenters. The highest BCUT2D eigenvalue weighted by Gasteiger charge is 2.39. The molecule has 1 heterocycles. The van der Waals surface area contributed by atoms with Crippen LogP contribution in [0.3, 0.4) is 0 Å². The number of nitrogens with two attached hydrogens (primary N) is 1. The third-order valence-corrected chi connectivity index (χ3v) is 6.24. The highest BCUT2D eigenvalue weighted by Crippen LogP contribution is 2.38. The van der Waals surface area contributed by atoms with Crippen LogP contribution in [0.5, 0.6) is 11.5 Å². The fourth-order valence-electron chi connectivity index (χ4n) is 4.22. The minimum atomic E-state index is -5.08. The number of halogens is 7. The molecular weight excluding hydrogens is 659 g/mol. The minimum Gasteiger partial charge on any atom is -0.494 e. The quantitative estimate of drug-likeness (QED) is 0.0952. The van der Waals surface area contributed by atoms with Crippen molar-refractivity contribution in [2.24, 2.45) is 5.73 Å². The monoisotopic (exact) mass is 693 g/mol. The summed E-state index contributed by atoms with van der Waals surface area (Å²) in [6.07, 6.45) is -6.14. The topological polar surface area (TPSA) is 175 Å². The fraction of sp³-hybridized carbons (Fsp3) is 0.400. The van der Waals surface area contributed by atoms with Crippen molar-refractivity contribution < 1.29 is 60.0 Å². The van der Waals surface area contributed by atoms with E-state index in [0.29, 0.717) is 30.2 Å². The zero-order chi connectivity index (χ0) is 36.4. The summed E-state index contributed by atoms with van der Waals surface area (Å²) in [6, 6.07) is 10.4. The average Bonchev–Trinajstić information content (AvgIpc) is 3.40. The van der Waals surface area contributed by atoms with Gasteiger partial charge in [0, 0.05) is 29.1 Å². The van der Waals surface area contributed by atoms with Crippen LogP contribution in [-0.2, 0) is 29.0 Å². The smallest absolute Gasteiger partial charge is 0.490 e. The van der Waals surface area contributed by atoms with Crippen molar-refractivity contribution >= 4 is 29.1 Å². The molecular formula is C30H34F7N5O6. The van der Waals surface area contributed by atoms with E-state index >= 15 is 4.39 Å². The Bertz CT molecular complexity index is 1510. The molecule has 0 fully saturated rings. The van der Waals surface area contributed by atoms with Crippen molar-refractivity contribution in [3.63, 3.8) is 0 Å². The highest BCUT2D eigenvalue weighted by atomic mass is 19.4. The van der Waals surface area contributed by atoms with Crippen molar-refractivity contribution in [2.75, 3.05) is 11.5 Å². The van der Waals surface area contributed by atoms with Gasteiger partial charge in [-0.3, -0.25) is 5.41 Å². The lowest BCUT2D eigenvalue weighted by Gasteiger charge is -2.26. The number of nitrogens with zero attached hydrogens (tertiary/aromatic N) is 2. The second kappa shape index (κ2) is 16.7. The Kier molecular flexibility index (Phi) is 13.6. The number of nitrogen functional groups attached to an aromatic ring is 1. The standard InChI is InChI=1S/C26H32FN5O2.2C2HF3O2/c1-4-33-19-13-22(25(27)23(14-19)34-16(2)3)32(18-11-9-17(10-12-18)26(28)29)15-24-30-20-7-5-6-8-21(20)31-24;2*3-2(4,5)1(6)7/h9-14,16H,4-8,15H2,1-3H3,(H3,28,29)(H,30,31);2*(H,6,7). The van der Waals surface area contributed by atoms with Gasteiger partial charge in [0.15, 0.2) is 11.6 Å². The van der Waals surface area contributed by atoms with Crippen LogP contribution in [0.1, 0.15) is 56.4 Å². The lowest BCUT2D eigenvalue weighted by atomic mass is 10.0. The third-order valence-electron chi connectivity index (χ3n) is 6.24. The summed E-state index contributed by atoms with van der Waals surface area (Å²) in [5, 5.41) is 21.9. The number of amidine groups is 1. The maximum Gasteiger partial charge on any atom is 0.490 e. The average molecular weight is 694 g/mol. The van der Waals surface area contributed by atoms with E-state index in [-0.39, 0.29) is 17.7 Å². The molecule has 48 heavy (non-hydrogen) atoms. The number of aryl methyl sites for hydroxylation is 2. The van der Waals surface area contributed by atoms with E-state index in [9.17, 15) is 26.3 Å². The summed E-state index contributed by atoms with van der Waals surface area (Å²) in [5.74, 6) is -4.56. The van der Waals surface area contributed by atoms with Gasteiger partial charge in [-0.15, -0.1) is 0 Å². The van der Waals surface area contributed by atoms with Crippen LogP contribution in [0.2, 0.25) is 0 Å². The first-order valence-corrected chi connectivity index (χ1v) is 14.3. The lowest BCUT2D eigenvalue weighted by molar-refractivity contribution is -0.193. The van der Waals surface area contributed by atoms with Gasteiger partial charge >= 0.3 is 24.3 Å². The van der Waals surface area contributed by atoms with Crippen molar-refractivity contribution in [3.05, 3.63) is 65.0 Å². The lowest BCUT2D eigenvalue weighted by Crippen LogP contribution is -2.21. The molecule has 0 saturated heterocycles. The van der Waals surface area contributed by atoms with Gasteiger partial charge < -0.3 is 35.3 Å². The number of H-pyrrole nitrogens is 1. The minimum absolute atomic E-state index is 0.0195. The molecule has 11 nitrogen and oxygen atoms in total. The number of benzene rings is 2. The SMILES string of the molecule is CCOc1cc(OC(C)C)c(F)c(N(Cc2nc3c([nH]2)CCCC3)c2ccc(C(=N)N)cc2)c1.O=C(O)C(F)(F)F.O=C(O)C(F)(F)F. The van der Waals surface area contributed by atoms with Crippen LogP contribution in [0.15, 0.2) is 36.4 Å². The normalized spacial score (nSPS) is 12.5. The molecule has 264 valence electrons. The number of carboxylic acid groups (broad SMARTS) is 2. The molecule has 0 spiro atoms. The van der Waals surface area contributed by atoms with Crippen molar-refractivity contribution in [1.29, 1.82) is 5.41 Å². The van der Waals surface area contributed by atoms with Crippen LogP contribution in [-0.4, -0.2) is 63.0 Å². The molecule has 0 radical (unpaired) electrons. The predicted octanol–water partition coefficient (Wildman–Crippen LogP) is 6.50. The molecule has 0 bridgehead atoms. The number of fused-ring (bicyclic) bond motifs is 1.